The molecule has 1 amide bonds. The van der Waals surface area contributed by atoms with E-state index < -0.39 is 30.3 Å². The van der Waals surface area contributed by atoms with E-state index in [-0.39, 0.29) is 5.56 Å². The van der Waals surface area contributed by atoms with Crippen LogP contribution < -0.4 is 5.32 Å². The van der Waals surface area contributed by atoms with Gasteiger partial charge in [-0.05, 0) is 24.3 Å². The van der Waals surface area contributed by atoms with Crippen molar-refractivity contribution in [1.82, 2.24) is 10.3 Å². The van der Waals surface area contributed by atoms with Crippen molar-refractivity contribution < 1.29 is 24.6 Å². The number of aromatic nitrogens is 1. The summed E-state index contributed by atoms with van der Waals surface area (Å²) in [7, 11) is 0. The summed E-state index contributed by atoms with van der Waals surface area (Å²) < 4.78 is 0. The Bertz CT molecular complexity index is 676. The van der Waals surface area contributed by atoms with Gasteiger partial charge in [0.15, 0.2) is 0 Å². The molecule has 0 aliphatic carbocycles. The quantitative estimate of drug-likeness (QED) is 0.644. The lowest BCUT2D eigenvalue weighted by Crippen LogP contribution is -2.42. The topological polar surface area (TPSA) is 119 Å². The number of carboxylic acid groups (broad SMARTS) is 2. The Morgan fingerprint density at radius 1 is 1.20 bits per heavy atom. The van der Waals surface area contributed by atoms with Crippen LogP contribution in [-0.4, -0.2) is 39.1 Å². The Hall–Kier alpha value is -2.83. The molecule has 0 radical (unpaired) electrons. The largest absolute Gasteiger partial charge is 0.481 e. The van der Waals surface area contributed by atoms with Crippen LogP contribution in [0.3, 0.4) is 0 Å². The molecular weight excluding hydrogens is 264 g/mol. The number of nitrogens with one attached hydrogen (secondary N) is 2. The van der Waals surface area contributed by atoms with E-state index in [4.69, 9.17) is 10.2 Å². The highest BCUT2D eigenvalue weighted by Gasteiger charge is 2.23. The summed E-state index contributed by atoms with van der Waals surface area (Å²) in [5, 5.41) is 20.5. The molecule has 1 atom stereocenters. The van der Waals surface area contributed by atoms with Gasteiger partial charge in [0.25, 0.3) is 5.91 Å². The molecule has 7 heteroatoms. The number of fused-ring (bicyclic) bond motifs is 1. The molecule has 4 N–H and O–H groups in total. The molecule has 104 valence electrons. The molecule has 7 nitrogen and oxygen atoms in total. The Kier molecular flexibility index (Phi) is 3.69. The van der Waals surface area contributed by atoms with E-state index in [1.807, 2.05) is 0 Å². The zero-order valence-corrected chi connectivity index (χ0v) is 10.3. The van der Waals surface area contributed by atoms with Crippen molar-refractivity contribution in [2.75, 3.05) is 0 Å². The van der Waals surface area contributed by atoms with Gasteiger partial charge in [0.2, 0.25) is 0 Å². The molecule has 2 rings (SSSR count). The lowest BCUT2D eigenvalue weighted by atomic mass is 10.1. The highest BCUT2D eigenvalue weighted by Crippen LogP contribution is 2.14. The minimum Gasteiger partial charge on any atom is -0.481 e. The number of aliphatic carboxylic acids is 2. The second-order valence-electron chi connectivity index (χ2n) is 4.24. The first-order valence-electron chi connectivity index (χ1n) is 5.80. The Balaban J connectivity index is 2.17. The van der Waals surface area contributed by atoms with Crippen LogP contribution in [0.2, 0.25) is 0 Å². The molecular formula is C13H12N2O5. The first-order chi connectivity index (χ1) is 9.47. The second-order valence-corrected chi connectivity index (χ2v) is 4.24. The summed E-state index contributed by atoms with van der Waals surface area (Å²) in [4.78, 5) is 36.3. The highest BCUT2D eigenvalue weighted by molar-refractivity contribution is 6.00. The third kappa shape index (κ3) is 2.94. The van der Waals surface area contributed by atoms with Gasteiger partial charge in [0.1, 0.15) is 6.04 Å². The lowest BCUT2D eigenvalue weighted by molar-refractivity contribution is -0.145. The summed E-state index contributed by atoms with van der Waals surface area (Å²) in [5.74, 6) is -3.30. The van der Waals surface area contributed by atoms with Gasteiger partial charge in [-0.2, -0.15) is 0 Å². The van der Waals surface area contributed by atoms with Crippen molar-refractivity contribution in [2.24, 2.45) is 0 Å². The van der Waals surface area contributed by atoms with Crippen molar-refractivity contribution in [3.63, 3.8) is 0 Å². The maximum Gasteiger partial charge on any atom is 0.326 e. The number of hydrogen-bond acceptors (Lipinski definition) is 3. The number of amides is 1. The number of carbonyl (C=O) groups is 3. The lowest BCUT2D eigenvalue weighted by Gasteiger charge is -2.12. The third-order valence-electron chi connectivity index (χ3n) is 2.80. The Labute approximate surface area is 113 Å². The van der Waals surface area contributed by atoms with Crippen LogP contribution in [0.5, 0.6) is 0 Å². The molecule has 0 saturated heterocycles. The van der Waals surface area contributed by atoms with E-state index in [2.05, 4.69) is 10.3 Å². The molecule has 0 bridgehead atoms. The molecule has 1 aromatic carbocycles. The fraction of sp³-hybridized carbons (Fsp3) is 0.154. The number of benzene rings is 1. The van der Waals surface area contributed by atoms with E-state index in [1.165, 1.54) is 6.07 Å². The van der Waals surface area contributed by atoms with Crippen LogP contribution in [0.25, 0.3) is 10.9 Å². The summed E-state index contributed by atoms with van der Waals surface area (Å²) in [6, 6.07) is 5.14. The fourth-order valence-electron chi connectivity index (χ4n) is 1.81. The number of rotatable bonds is 5. The molecule has 1 aromatic heterocycles. The van der Waals surface area contributed by atoms with E-state index >= 15 is 0 Å². The standard InChI is InChI=1S/C13H12N2O5/c16-11(17)6-10(13(19)20)15-12(18)8-1-2-9-7(5-8)3-4-14-9/h1-5,10,14H,6H2,(H,15,18)(H,16,17)(H,19,20). The SMILES string of the molecule is O=C(O)CC(NC(=O)c1ccc2[nH]ccc2c1)C(=O)O. The van der Waals surface area contributed by atoms with Crippen LogP contribution in [0.15, 0.2) is 30.5 Å². The maximum absolute atomic E-state index is 11.9. The van der Waals surface area contributed by atoms with Gasteiger partial charge in [0.05, 0.1) is 6.42 Å². The van der Waals surface area contributed by atoms with Crippen LogP contribution in [-0.2, 0) is 9.59 Å². The highest BCUT2D eigenvalue weighted by atomic mass is 16.4. The van der Waals surface area contributed by atoms with Gasteiger partial charge in [0, 0.05) is 22.7 Å². The zero-order chi connectivity index (χ0) is 14.7. The fourth-order valence-corrected chi connectivity index (χ4v) is 1.81. The number of hydrogen-bond donors (Lipinski definition) is 4. The van der Waals surface area contributed by atoms with E-state index in [1.54, 1.807) is 24.4 Å². The number of aromatic amines is 1. The first-order valence-corrected chi connectivity index (χ1v) is 5.80. The van der Waals surface area contributed by atoms with Crippen LogP contribution in [0.1, 0.15) is 16.8 Å². The predicted molar refractivity (Wildman–Crippen MR) is 69.4 cm³/mol. The van der Waals surface area contributed by atoms with Crippen molar-refractivity contribution >= 4 is 28.7 Å². The third-order valence-corrected chi connectivity index (χ3v) is 2.80. The Morgan fingerprint density at radius 3 is 2.60 bits per heavy atom. The van der Waals surface area contributed by atoms with Crippen LogP contribution in [0.4, 0.5) is 0 Å². The molecule has 0 saturated carbocycles. The molecule has 20 heavy (non-hydrogen) atoms. The van der Waals surface area contributed by atoms with Gasteiger partial charge in [-0.1, -0.05) is 0 Å². The molecule has 0 aliphatic heterocycles. The number of H-pyrrole nitrogens is 1. The van der Waals surface area contributed by atoms with Crippen LogP contribution in [0, 0.1) is 0 Å². The monoisotopic (exact) mass is 276 g/mol. The smallest absolute Gasteiger partial charge is 0.326 e. The minimum atomic E-state index is -1.46. The minimum absolute atomic E-state index is 0.272. The van der Waals surface area contributed by atoms with E-state index in [9.17, 15) is 14.4 Å². The van der Waals surface area contributed by atoms with Crippen molar-refractivity contribution in [3.8, 4) is 0 Å². The van der Waals surface area contributed by atoms with Gasteiger partial charge >= 0.3 is 11.9 Å². The van der Waals surface area contributed by atoms with Crippen LogP contribution >= 0.6 is 0 Å². The van der Waals surface area contributed by atoms with Crippen molar-refractivity contribution in [2.45, 2.75) is 12.5 Å². The van der Waals surface area contributed by atoms with Gasteiger partial charge < -0.3 is 20.5 Å². The molecule has 0 aliphatic rings. The number of carboxylic acids is 2. The van der Waals surface area contributed by atoms with Gasteiger partial charge in [-0.15, -0.1) is 0 Å². The predicted octanol–water partition coefficient (Wildman–Crippen LogP) is 0.826. The molecule has 2 aromatic rings. The number of carbonyl (C=O) groups excluding carboxylic acids is 1. The summed E-state index contributed by atoms with van der Waals surface area (Å²) in [6.07, 6.45) is 1.05. The second kappa shape index (κ2) is 5.43. The average Bonchev–Trinajstić information content (AvgIpc) is 2.84. The first kappa shape index (κ1) is 13.6. The summed E-state index contributed by atoms with van der Waals surface area (Å²) >= 11 is 0. The molecule has 1 unspecified atom stereocenters. The van der Waals surface area contributed by atoms with Gasteiger partial charge in [-0.25, -0.2) is 4.79 Å². The maximum atomic E-state index is 11.9. The Morgan fingerprint density at radius 2 is 1.95 bits per heavy atom. The normalized spacial score (nSPS) is 12.0. The average molecular weight is 276 g/mol. The molecule has 0 spiro atoms. The molecule has 1 heterocycles. The summed E-state index contributed by atoms with van der Waals surface area (Å²) in [6.45, 7) is 0. The zero-order valence-electron chi connectivity index (χ0n) is 10.3. The van der Waals surface area contributed by atoms with Gasteiger partial charge in [-0.3, -0.25) is 9.59 Å². The van der Waals surface area contributed by atoms with Crippen molar-refractivity contribution in [1.29, 1.82) is 0 Å². The van der Waals surface area contributed by atoms with E-state index in [0.717, 1.165) is 10.9 Å². The summed E-state index contributed by atoms with van der Waals surface area (Å²) in [5.41, 5.74) is 1.12. The van der Waals surface area contributed by atoms with Crippen molar-refractivity contribution in [3.05, 3.63) is 36.0 Å². The van der Waals surface area contributed by atoms with E-state index in [0.29, 0.717) is 0 Å². The molecule has 0 fully saturated rings.